The average Bonchev–Trinajstić information content (AvgIpc) is 3.07. The summed E-state index contributed by atoms with van der Waals surface area (Å²) in [5, 5.41) is 2.78. The van der Waals surface area contributed by atoms with Crippen LogP contribution in [-0.2, 0) is 14.9 Å². The van der Waals surface area contributed by atoms with Crippen LogP contribution in [0.4, 0.5) is 9.18 Å². The second-order valence-corrected chi connectivity index (χ2v) is 12.7. The molecule has 0 radical (unpaired) electrons. The maximum absolute atomic E-state index is 14.7. The van der Waals surface area contributed by atoms with Crippen molar-refractivity contribution < 1.29 is 31.9 Å². The Kier molecular flexibility index (Phi) is 6.98. The van der Waals surface area contributed by atoms with Crippen molar-refractivity contribution in [1.29, 1.82) is 0 Å². The van der Waals surface area contributed by atoms with Gasteiger partial charge in [0.15, 0.2) is 0 Å². The van der Waals surface area contributed by atoms with Gasteiger partial charge in [0.1, 0.15) is 17.2 Å². The SMILES string of the molecule is CC(C)(C)OC(=O)N[C@]12C[C@H]1CN(S(=O)(=O)NC(=O)c1cc(Cl)c(OCC3CCCC3)cc1F)C2. The minimum Gasteiger partial charge on any atom is -0.492 e. The number of carbonyl (C=O) groups is 2. The smallest absolute Gasteiger partial charge is 0.408 e. The Hall–Kier alpha value is -2.11. The van der Waals surface area contributed by atoms with Crippen molar-refractivity contribution in [2.45, 2.75) is 64.0 Å². The van der Waals surface area contributed by atoms with Crippen LogP contribution >= 0.6 is 11.6 Å². The molecule has 0 spiro atoms. The van der Waals surface area contributed by atoms with Gasteiger partial charge in [-0.3, -0.25) is 4.79 Å². The lowest BCUT2D eigenvalue weighted by atomic mass is 10.1. The standard InChI is InChI=1S/C23H31ClFN3O6S/c1-22(2,3)34-21(30)26-23-10-15(23)11-28(13-23)35(31,32)27-20(29)16-8-17(24)19(9-18(16)25)33-12-14-6-4-5-7-14/h8-9,14-15H,4-7,10-13H2,1-3H3,(H,26,30)(H,27,29)/t15-,23-/m0/s1. The number of carbonyl (C=O) groups excluding carboxylic acids is 2. The monoisotopic (exact) mass is 531 g/mol. The van der Waals surface area contributed by atoms with Crippen LogP contribution < -0.4 is 14.8 Å². The highest BCUT2D eigenvalue weighted by Gasteiger charge is 2.63. The average molecular weight is 532 g/mol. The molecule has 1 saturated heterocycles. The van der Waals surface area contributed by atoms with Gasteiger partial charge < -0.3 is 14.8 Å². The number of rotatable bonds is 7. The summed E-state index contributed by atoms with van der Waals surface area (Å²) in [7, 11) is -4.28. The molecule has 12 heteroatoms. The van der Waals surface area contributed by atoms with E-state index in [0.29, 0.717) is 18.9 Å². The number of piperidine rings is 1. The fourth-order valence-corrected chi connectivity index (χ4v) is 6.22. The van der Waals surface area contributed by atoms with Crippen LogP contribution in [0.3, 0.4) is 0 Å². The molecule has 4 rings (SSSR count). The Morgan fingerprint density at radius 2 is 1.94 bits per heavy atom. The molecule has 2 N–H and O–H groups in total. The maximum Gasteiger partial charge on any atom is 0.408 e. The van der Waals surface area contributed by atoms with E-state index in [1.165, 1.54) is 0 Å². The minimum atomic E-state index is -4.28. The van der Waals surface area contributed by atoms with E-state index >= 15 is 0 Å². The Balaban J connectivity index is 1.37. The summed E-state index contributed by atoms with van der Waals surface area (Å²) in [5.74, 6) is -1.66. The van der Waals surface area contributed by atoms with Gasteiger partial charge in [0.2, 0.25) is 0 Å². The summed E-state index contributed by atoms with van der Waals surface area (Å²) in [6, 6.07) is 2.07. The van der Waals surface area contributed by atoms with Crippen molar-refractivity contribution in [3.63, 3.8) is 0 Å². The van der Waals surface area contributed by atoms with Gasteiger partial charge in [-0.25, -0.2) is 13.9 Å². The summed E-state index contributed by atoms with van der Waals surface area (Å²) in [4.78, 5) is 24.8. The molecule has 35 heavy (non-hydrogen) atoms. The van der Waals surface area contributed by atoms with E-state index in [9.17, 15) is 22.4 Å². The van der Waals surface area contributed by atoms with Gasteiger partial charge in [0.25, 0.3) is 5.91 Å². The van der Waals surface area contributed by atoms with E-state index in [1.54, 1.807) is 20.8 Å². The van der Waals surface area contributed by atoms with Gasteiger partial charge >= 0.3 is 16.3 Å². The quantitative estimate of drug-likeness (QED) is 0.555. The minimum absolute atomic E-state index is 0.0172. The number of nitrogens with one attached hydrogen (secondary N) is 2. The third-order valence-corrected chi connectivity index (χ3v) is 8.34. The second-order valence-electron chi connectivity index (χ2n) is 10.6. The summed E-state index contributed by atoms with van der Waals surface area (Å²) < 4.78 is 54.2. The summed E-state index contributed by atoms with van der Waals surface area (Å²) in [5.41, 5.74) is -1.92. The molecule has 1 aliphatic heterocycles. The Bertz CT molecular complexity index is 1120. The third kappa shape index (κ3) is 6.00. The van der Waals surface area contributed by atoms with Crippen LogP contribution in [0.25, 0.3) is 0 Å². The second kappa shape index (κ2) is 9.40. The topological polar surface area (TPSA) is 114 Å². The van der Waals surface area contributed by atoms with Crippen LogP contribution in [0, 0.1) is 17.7 Å². The number of nitrogens with zero attached hydrogens (tertiary/aromatic N) is 1. The molecule has 0 bridgehead atoms. The maximum atomic E-state index is 14.7. The molecule has 1 heterocycles. The lowest BCUT2D eigenvalue weighted by Crippen LogP contribution is -2.48. The Morgan fingerprint density at radius 3 is 2.60 bits per heavy atom. The van der Waals surface area contributed by atoms with Crippen LogP contribution in [0.1, 0.15) is 63.2 Å². The van der Waals surface area contributed by atoms with Gasteiger partial charge in [-0.2, -0.15) is 12.7 Å². The van der Waals surface area contributed by atoms with Gasteiger partial charge in [-0.05, 0) is 57.9 Å². The first-order valence-corrected chi connectivity index (χ1v) is 13.5. The summed E-state index contributed by atoms with van der Waals surface area (Å²) in [6.45, 7) is 5.71. The summed E-state index contributed by atoms with van der Waals surface area (Å²) in [6.07, 6.45) is 4.35. The molecular formula is C23H31ClFN3O6S. The third-order valence-electron chi connectivity index (χ3n) is 6.64. The zero-order chi connectivity index (χ0) is 25.6. The zero-order valence-electron chi connectivity index (χ0n) is 20.0. The van der Waals surface area contributed by atoms with E-state index in [4.69, 9.17) is 21.1 Å². The molecule has 3 aliphatic rings. The number of amides is 2. The van der Waals surface area contributed by atoms with Crippen molar-refractivity contribution >= 4 is 33.8 Å². The van der Waals surface area contributed by atoms with Gasteiger partial charge in [-0.1, -0.05) is 24.4 Å². The number of ether oxygens (including phenoxy) is 2. The molecule has 194 valence electrons. The molecule has 2 saturated carbocycles. The van der Waals surface area contributed by atoms with Crippen molar-refractivity contribution in [3.05, 3.63) is 28.5 Å². The highest BCUT2D eigenvalue weighted by atomic mass is 35.5. The van der Waals surface area contributed by atoms with Gasteiger partial charge in [0, 0.05) is 19.2 Å². The van der Waals surface area contributed by atoms with E-state index in [-0.39, 0.29) is 29.8 Å². The number of hydrogen-bond donors (Lipinski definition) is 2. The van der Waals surface area contributed by atoms with Crippen molar-refractivity contribution in [3.8, 4) is 5.75 Å². The van der Waals surface area contributed by atoms with E-state index < -0.39 is 44.7 Å². The predicted octanol–water partition coefficient (Wildman–Crippen LogP) is 3.62. The van der Waals surface area contributed by atoms with Crippen molar-refractivity contribution in [2.75, 3.05) is 19.7 Å². The summed E-state index contributed by atoms with van der Waals surface area (Å²) >= 11 is 6.18. The molecule has 1 aromatic carbocycles. The molecule has 3 fully saturated rings. The number of fused-ring (bicyclic) bond motifs is 1. The van der Waals surface area contributed by atoms with Gasteiger partial charge in [0.05, 0.1) is 22.7 Å². The first kappa shape index (κ1) is 26.0. The Labute approximate surface area is 209 Å². The van der Waals surface area contributed by atoms with Crippen molar-refractivity contribution in [2.24, 2.45) is 11.8 Å². The number of alkyl carbamates (subject to hydrolysis) is 1. The molecular weight excluding hydrogens is 501 g/mol. The normalized spacial score (nSPS) is 24.7. The molecule has 0 unspecified atom stereocenters. The van der Waals surface area contributed by atoms with Crippen LogP contribution in [0.2, 0.25) is 5.02 Å². The first-order chi connectivity index (χ1) is 16.3. The number of halogens is 2. The predicted molar refractivity (Wildman–Crippen MR) is 127 cm³/mol. The number of hydrogen-bond acceptors (Lipinski definition) is 6. The molecule has 0 aromatic heterocycles. The molecule has 2 atom stereocenters. The molecule has 1 aromatic rings. The molecule has 2 amide bonds. The lowest BCUT2D eigenvalue weighted by molar-refractivity contribution is 0.0494. The fourth-order valence-electron chi connectivity index (χ4n) is 4.76. The highest BCUT2D eigenvalue weighted by molar-refractivity contribution is 7.87. The largest absolute Gasteiger partial charge is 0.492 e. The van der Waals surface area contributed by atoms with Crippen molar-refractivity contribution in [1.82, 2.24) is 14.3 Å². The zero-order valence-corrected chi connectivity index (χ0v) is 21.6. The van der Waals surface area contributed by atoms with E-state index in [0.717, 1.165) is 42.1 Å². The molecule has 9 nitrogen and oxygen atoms in total. The van der Waals surface area contributed by atoms with E-state index in [1.807, 2.05) is 4.72 Å². The molecule has 2 aliphatic carbocycles. The van der Waals surface area contributed by atoms with Crippen LogP contribution in [-0.4, -0.2) is 55.6 Å². The number of benzene rings is 1. The first-order valence-electron chi connectivity index (χ1n) is 11.7. The van der Waals surface area contributed by atoms with E-state index in [2.05, 4.69) is 5.32 Å². The lowest BCUT2D eigenvalue weighted by Gasteiger charge is -2.24. The Morgan fingerprint density at radius 1 is 1.26 bits per heavy atom. The van der Waals surface area contributed by atoms with Crippen LogP contribution in [0.15, 0.2) is 12.1 Å². The van der Waals surface area contributed by atoms with Crippen LogP contribution in [0.5, 0.6) is 5.75 Å². The highest BCUT2D eigenvalue weighted by Crippen LogP contribution is 2.50. The fraction of sp³-hybridized carbons (Fsp3) is 0.652. The van der Waals surface area contributed by atoms with Gasteiger partial charge in [-0.15, -0.1) is 0 Å².